The highest BCUT2D eigenvalue weighted by Crippen LogP contribution is 2.36. The maximum Gasteiger partial charge on any atom is 0.278 e. The van der Waals surface area contributed by atoms with Crippen LogP contribution in [0.5, 0.6) is 0 Å². The van der Waals surface area contributed by atoms with Gasteiger partial charge in [-0.15, -0.1) is 0 Å². The van der Waals surface area contributed by atoms with E-state index in [-0.39, 0.29) is 17.0 Å². The standard InChI is InChI=1S/C28H33N7O/c1-17-12-22(14-24(30-17)28(2,3)4)34-25-23(26(36)35(34)21-8-9-21)15-29-27(32-25)31-20-7-6-19-16-33(5)11-10-18(19)13-20/h6-7,12-15,21H,8-11,16H2,1-5H3,(H,29,31,32). The van der Waals surface area contributed by atoms with Crippen LogP contribution in [0.25, 0.3) is 16.7 Å². The van der Waals surface area contributed by atoms with Crippen LogP contribution in [-0.4, -0.2) is 42.8 Å². The topological polar surface area (TPSA) is 80.9 Å². The minimum absolute atomic E-state index is 0.0382. The summed E-state index contributed by atoms with van der Waals surface area (Å²) in [7, 11) is 2.15. The number of rotatable bonds is 4. The zero-order valence-corrected chi connectivity index (χ0v) is 21.7. The molecule has 186 valence electrons. The lowest BCUT2D eigenvalue weighted by molar-refractivity contribution is 0.313. The van der Waals surface area contributed by atoms with Gasteiger partial charge in [0.15, 0.2) is 5.65 Å². The molecule has 8 heteroatoms. The summed E-state index contributed by atoms with van der Waals surface area (Å²) in [5, 5.41) is 3.92. The molecule has 0 bridgehead atoms. The zero-order valence-electron chi connectivity index (χ0n) is 21.7. The van der Waals surface area contributed by atoms with Gasteiger partial charge in [-0.05, 0) is 68.6 Å². The SMILES string of the molecule is Cc1cc(-n2c3nc(Nc4ccc5c(c4)CCN(C)C5)ncc3c(=O)n2C2CC2)cc(C(C)(C)C)n1. The van der Waals surface area contributed by atoms with Crippen LogP contribution in [0.2, 0.25) is 0 Å². The largest absolute Gasteiger partial charge is 0.324 e. The van der Waals surface area contributed by atoms with Crippen LogP contribution in [0.1, 0.15) is 62.2 Å². The molecule has 1 N–H and O–H groups in total. The molecule has 3 aromatic heterocycles. The average molecular weight is 484 g/mol. The van der Waals surface area contributed by atoms with Gasteiger partial charge in [-0.25, -0.2) is 14.3 Å². The van der Waals surface area contributed by atoms with Crippen molar-refractivity contribution in [1.29, 1.82) is 0 Å². The molecule has 4 heterocycles. The quantitative estimate of drug-likeness (QED) is 0.455. The van der Waals surface area contributed by atoms with E-state index in [9.17, 15) is 4.79 Å². The van der Waals surface area contributed by atoms with Crippen molar-refractivity contribution in [3.05, 3.63) is 69.4 Å². The van der Waals surface area contributed by atoms with Crippen LogP contribution in [0.4, 0.5) is 11.6 Å². The second-order valence-electron chi connectivity index (χ2n) is 11.3. The van der Waals surface area contributed by atoms with Crippen LogP contribution in [-0.2, 0) is 18.4 Å². The predicted octanol–water partition coefficient (Wildman–Crippen LogP) is 4.65. The molecule has 6 rings (SSSR count). The molecule has 0 radical (unpaired) electrons. The van der Waals surface area contributed by atoms with E-state index in [0.29, 0.717) is 17.0 Å². The number of hydrogen-bond acceptors (Lipinski definition) is 6. The first kappa shape index (κ1) is 22.9. The van der Waals surface area contributed by atoms with Gasteiger partial charge in [0.25, 0.3) is 5.56 Å². The molecule has 0 spiro atoms. The first-order valence-electron chi connectivity index (χ1n) is 12.7. The van der Waals surface area contributed by atoms with Gasteiger partial charge in [-0.3, -0.25) is 9.78 Å². The number of benzene rings is 1. The lowest BCUT2D eigenvalue weighted by atomic mass is 9.91. The summed E-state index contributed by atoms with van der Waals surface area (Å²) in [6, 6.07) is 10.8. The Morgan fingerprint density at radius 3 is 2.61 bits per heavy atom. The fraction of sp³-hybridized carbons (Fsp3) is 0.429. The third-order valence-electron chi connectivity index (χ3n) is 7.13. The maximum atomic E-state index is 13.4. The molecule has 8 nitrogen and oxygen atoms in total. The molecule has 1 fully saturated rings. The smallest absolute Gasteiger partial charge is 0.278 e. The third kappa shape index (κ3) is 4.09. The number of pyridine rings is 1. The van der Waals surface area contributed by atoms with Gasteiger partial charge in [0.2, 0.25) is 5.95 Å². The molecule has 0 atom stereocenters. The van der Waals surface area contributed by atoms with Crippen molar-refractivity contribution in [1.82, 2.24) is 29.2 Å². The van der Waals surface area contributed by atoms with Gasteiger partial charge in [0.1, 0.15) is 5.39 Å². The number of hydrogen-bond donors (Lipinski definition) is 1. The molecule has 1 aromatic carbocycles. The number of likely N-dealkylation sites (N-methyl/N-ethyl adjacent to an activating group) is 1. The minimum Gasteiger partial charge on any atom is -0.324 e. The summed E-state index contributed by atoms with van der Waals surface area (Å²) in [6.45, 7) is 10.5. The van der Waals surface area contributed by atoms with Gasteiger partial charge >= 0.3 is 0 Å². The molecule has 0 saturated heterocycles. The fourth-order valence-corrected chi connectivity index (χ4v) is 5.01. The summed E-state index contributed by atoms with van der Waals surface area (Å²) in [5.74, 6) is 0.485. The van der Waals surface area contributed by atoms with Crippen molar-refractivity contribution in [2.45, 2.75) is 65.0 Å². The monoisotopic (exact) mass is 483 g/mol. The van der Waals surface area contributed by atoms with E-state index >= 15 is 0 Å². The van der Waals surface area contributed by atoms with Crippen molar-refractivity contribution in [2.24, 2.45) is 0 Å². The summed E-state index contributed by atoms with van der Waals surface area (Å²) in [4.78, 5) is 30.0. The number of nitrogens with one attached hydrogen (secondary N) is 1. The van der Waals surface area contributed by atoms with E-state index in [1.54, 1.807) is 6.20 Å². The lowest BCUT2D eigenvalue weighted by Gasteiger charge is -2.25. The number of fused-ring (bicyclic) bond motifs is 2. The number of nitrogens with zero attached hydrogens (tertiary/aromatic N) is 6. The predicted molar refractivity (Wildman–Crippen MR) is 142 cm³/mol. The van der Waals surface area contributed by atoms with E-state index in [0.717, 1.165) is 55.1 Å². The molecule has 36 heavy (non-hydrogen) atoms. The van der Waals surface area contributed by atoms with Crippen LogP contribution in [0.15, 0.2) is 41.3 Å². The van der Waals surface area contributed by atoms with Crippen LogP contribution in [0, 0.1) is 6.92 Å². The van der Waals surface area contributed by atoms with Gasteiger partial charge in [-0.2, -0.15) is 4.98 Å². The molecule has 0 unspecified atom stereocenters. The Balaban J connectivity index is 1.46. The molecular formula is C28H33N7O. The molecule has 0 amide bonds. The highest BCUT2D eigenvalue weighted by Gasteiger charge is 2.31. The van der Waals surface area contributed by atoms with E-state index in [1.165, 1.54) is 11.1 Å². The van der Waals surface area contributed by atoms with E-state index < -0.39 is 0 Å². The fourth-order valence-electron chi connectivity index (χ4n) is 5.01. The lowest BCUT2D eigenvalue weighted by Crippen LogP contribution is -2.26. The molecule has 1 aliphatic heterocycles. The summed E-state index contributed by atoms with van der Waals surface area (Å²) >= 11 is 0. The number of aromatic nitrogens is 5. The van der Waals surface area contributed by atoms with Gasteiger partial charge in [0, 0.05) is 41.8 Å². The molecule has 4 aromatic rings. The normalized spacial score (nSPS) is 16.4. The van der Waals surface area contributed by atoms with E-state index in [2.05, 4.69) is 67.3 Å². The number of anilines is 2. The second-order valence-corrected chi connectivity index (χ2v) is 11.3. The first-order chi connectivity index (χ1) is 17.2. The Morgan fingerprint density at radius 2 is 1.86 bits per heavy atom. The van der Waals surface area contributed by atoms with Gasteiger partial charge in [0.05, 0.1) is 11.7 Å². The van der Waals surface area contributed by atoms with Crippen LogP contribution >= 0.6 is 0 Å². The summed E-state index contributed by atoms with van der Waals surface area (Å²) in [5.41, 5.74) is 6.97. The zero-order chi connectivity index (χ0) is 25.2. The summed E-state index contributed by atoms with van der Waals surface area (Å²) < 4.78 is 3.84. The first-order valence-corrected chi connectivity index (χ1v) is 12.7. The Morgan fingerprint density at radius 1 is 1.06 bits per heavy atom. The second kappa shape index (κ2) is 8.27. The van der Waals surface area contributed by atoms with Crippen molar-refractivity contribution in [2.75, 3.05) is 18.9 Å². The minimum atomic E-state index is -0.114. The highest BCUT2D eigenvalue weighted by atomic mass is 16.1. The maximum absolute atomic E-state index is 13.4. The van der Waals surface area contributed by atoms with Crippen molar-refractivity contribution < 1.29 is 0 Å². The molecule has 1 saturated carbocycles. The Bertz CT molecular complexity index is 1540. The Labute approximate surface area is 211 Å². The molecular weight excluding hydrogens is 450 g/mol. The molecule has 2 aliphatic rings. The third-order valence-corrected chi connectivity index (χ3v) is 7.13. The highest BCUT2D eigenvalue weighted by molar-refractivity contribution is 5.77. The van der Waals surface area contributed by atoms with E-state index in [4.69, 9.17) is 9.97 Å². The van der Waals surface area contributed by atoms with Gasteiger partial charge < -0.3 is 10.2 Å². The van der Waals surface area contributed by atoms with Gasteiger partial charge in [-0.1, -0.05) is 26.8 Å². The van der Waals surface area contributed by atoms with Crippen LogP contribution in [0.3, 0.4) is 0 Å². The number of aryl methyl sites for hydroxylation is 1. The van der Waals surface area contributed by atoms with Crippen LogP contribution < -0.4 is 10.9 Å². The Hall–Kier alpha value is -3.52. The van der Waals surface area contributed by atoms with Crippen molar-refractivity contribution in [3.8, 4) is 5.69 Å². The van der Waals surface area contributed by atoms with Crippen molar-refractivity contribution in [3.63, 3.8) is 0 Å². The van der Waals surface area contributed by atoms with Crippen molar-refractivity contribution >= 4 is 22.7 Å². The van der Waals surface area contributed by atoms with E-state index in [1.807, 2.05) is 22.4 Å². The molecule has 1 aliphatic carbocycles. The summed E-state index contributed by atoms with van der Waals surface area (Å²) in [6.07, 6.45) is 4.68. The average Bonchev–Trinajstić information content (AvgIpc) is 3.62. The Kier molecular flexibility index (Phi) is 5.26.